The summed E-state index contributed by atoms with van der Waals surface area (Å²) in [5.41, 5.74) is 0. The maximum absolute atomic E-state index is 5.74. The normalized spacial score (nSPS) is 45.8. The van der Waals surface area contributed by atoms with Gasteiger partial charge >= 0.3 is 0 Å². The molecule has 0 saturated carbocycles. The molecular formula is C9H17NO. The molecule has 2 rings (SSSR count). The van der Waals surface area contributed by atoms with Crippen molar-refractivity contribution in [3.63, 3.8) is 0 Å². The molecule has 0 aliphatic carbocycles. The molecular weight excluding hydrogens is 138 g/mol. The van der Waals surface area contributed by atoms with E-state index in [-0.39, 0.29) is 0 Å². The van der Waals surface area contributed by atoms with Crippen LogP contribution < -0.4 is 0 Å². The van der Waals surface area contributed by atoms with E-state index in [1.54, 1.807) is 0 Å². The van der Waals surface area contributed by atoms with Gasteiger partial charge in [0.15, 0.2) is 0 Å². The van der Waals surface area contributed by atoms with Crippen LogP contribution in [0.25, 0.3) is 0 Å². The molecule has 0 radical (unpaired) electrons. The SMILES string of the molecule is CC1C2OCCCC2CN1C. The number of hydrogen-bond acceptors (Lipinski definition) is 2. The molecule has 0 amide bonds. The molecule has 2 aliphatic heterocycles. The first kappa shape index (κ1) is 7.56. The molecule has 11 heavy (non-hydrogen) atoms. The number of likely N-dealkylation sites (tertiary alicyclic amines) is 1. The van der Waals surface area contributed by atoms with Gasteiger partial charge in [-0.25, -0.2) is 0 Å². The van der Waals surface area contributed by atoms with E-state index in [1.807, 2.05) is 0 Å². The van der Waals surface area contributed by atoms with Crippen molar-refractivity contribution in [2.75, 3.05) is 20.2 Å². The molecule has 2 heteroatoms. The molecule has 0 aromatic rings. The number of fused-ring (bicyclic) bond motifs is 1. The smallest absolute Gasteiger partial charge is 0.0767 e. The van der Waals surface area contributed by atoms with Gasteiger partial charge in [-0.2, -0.15) is 0 Å². The van der Waals surface area contributed by atoms with Gasteiger partial charge < -0.3 is 9.64 Å². The van der Waals surface area contributed by atoms with Crippen molar-refractivity contribution in [2.24, 2.45) is 5.92 Å². The summed E-state index contributed by atoms with van der Waals surface area (Å²) >= 11 is 0. The predicted molar refractivity (Wildman–Crippen MR) is 44.6 cm³/mol. The van der Waals surface area contributed by atoms with Crippen molar-refractivity contribution in [3.8, 4) is 0 Å². The first-order chi connectivity index (χ1) is 5.29. The van der Waals surface area contributed by atoms with Gasteiger partial charge in [0.25, 0.3) is 0 Å². The number of ether oxygens (including phenoxy) is 1. The minimum atomic E-state index is 0.536. The fourth-order valence-corrected chi connectivity index (χ4v) is 2.38. The number of likely N-dealkylation sites (N-methyl/N-ethyl adjacent to an activating group) is 1. The van der Waals surface area contributed by atoms with Crippen molar-refractivity contribution in [1.82, 2.24) is 4.90 Å². The number of rotatable bonds is 0. The Hall–Kier alpha value is -0.0800. The highest BCUT2D eigenvalue weighted by atomic mass is 16.5. The lowest BCUT2D eigenvalue weighted by Crippen LogP contribution is -2.34. The van der Waals surface area contributed by atoms with Gasteiger partial charge in [0.05, 0.1) is 6.10 Å². The average Bonchev–Trinajstić information content (AvgIpc) is 2.30. The highest BCUT2D eigenvalue weighted by molar-refractivity contribution is 4.91. The molecule has 2 fully saturated rings. The molecule has 3 unspecified atom stereocenters. The number of hydrogen-bond donors (Lipinski definition) is 0. The standard InChI is InChI=1S/C9H17NO/c1-7-9-8(6-10(7)2)4-3-5-11-9/h7-9H,3-6H2,1-2H3. The monoisotopic (exact) mass is 155 g/mol. The van der Waals surface area contributed by atoms with Crippen LogP contribution in [0.15, 0.2) is 0 Å². The zero-order chi connectivity index (χ0) is 7.84. The van der Waals surface area contributed by atoms with Gasteiger partial charge in [0, 0.05) is 19.2 Å². The molecule has 2 saturated heterocycles. The predicted octanol–water partition coefficient (Wildman–Crippen LogP) is 1.12. The third-order valence-corrected chi connectivity index (χ3v) is 3.19. The zero-order valence-electron chi connectivity index (χ0n) is 7.42. The Morgan fingerprint density at radius 3 is 3.00 bits per heavy atom. The minimum Gasteiger partial charge on any atom is -0.376 e. The fourth-order valence-electron chi connectivity index (χ4n) is 2.38. The molecule has 0 aromatic heterocycles. The lowest BCUT2D eigenvalue weighted by atomic mass is 9.95. The van der Waals surface area contributed by atoms with Crippen molar-refractivity contribution >= 4 is 0 Å². The molecule has 0 N–H and O–H groups in total. The fraction of sp³-hybridized carbons (Fsp3) is 1.00. The largest absolute Gasteiger partial charge is 0.376 e. The topological polar surface area (TPSA) is 12.5 Å². The van der Waals surface area contributed by atoms with Crippen LogP contribution in [-0.2, 0) is 4.74 Å². The lowest BCUT2D eigenvalue weighted by molar-refractivity contribution is -0.0185. The Morgan fingerprint density at radius 2 is 2.27 bits per heavy atom. The van der Waals surface area contributed by atoms with Gasteiger partial charge in [0.2, 0.25) is 0 Å². The second kappa shape index (κ2) is 2.76. The first-order valence-corrected chi connectivity index (χ1v) is 4.61. The van der Waals surface area contributed by atoms with Crippen LogP contribution in [0.2, 0.25) is 0 Å². The maximum atomic E-state index is 5.74. The molecule has 64 valence electrons. The first-order valence-electron chi connectivity index (χ1n) is 4.61. The van der Waals surface area contributed by atoms with Crippen molar-refractivity contribution in [1.29, 1.82) is 0 Å². The average molecular weight is 155 g/mol. The van der Waals surface area contributed by atoms with E-state index in [1.165, 1.54) is 19.4 Å². The summed E-state index contributed by atoms with van der Waals surface area (Å²) in [6.45, 7) is 4.50. The van der Waals surface area contributed by atoms with Crippen LogP contribution in [0, 0.1) is 5.92 Å². The summed E-state index contributed by atoms with van der Waals surface area (Å²) in [6.07, 6.45) is 3.18. The summed E-state index contributed by atoms with van der Waals surface area (Å²) in [5.74, 6) is 0.823. The third-order valence-electron chi connectivity index (χ3n) is 3.19. The maximum Gasteiger partial charge on any atom is 0.0767 e. The van der Waals surface area contributed by atoms with Crippen molar-refractivity contribution < 1.29 is 4.74 Å². The highest BCUT2D eigenvalue weighted by Crippen LogP contribution is 2.31. The van der Waals surface area contributed by atoms with Gasteiger partial charge in [-0.3, -0.25) is 0 Å². The van der Waals surface area contributed by atoms with Crippen LogP contribution in [-0.4, -0.2) is 37.2 Å². The minimum absolute atomic E-state index is 0.536. The molecule has 0 spiro atoms. The van der Waals surface area contributed by atoms with E-state index in [0.29, 0.717) is 12.1 Å². The van der Waals surface area contributed by atoms with E-state index in [9.17, 15) is 0 Å². The van der Waals surface area contributed by atoms with E-state index in [0.717, 1.165) is 12.5 Å². The third kappa shape index (κ3) is 1.18. The quantitative estimate of drug-likeness (QED) is 0.519. The summed E-state index contributed by atoms with van der Waals surface area (Å²) in [6, 6.07) is 0.639. The molecule has 3 atom stereocenters. The van der Waals surface area contributed by atoms with Gasteiger partial charge in [0.1, 0.15) is 0 Å². The van der Waals surface area contributed by atoms with Crippen LogP contribution in [0.1, 0.15) is 19.8 Å². The van der Waals surface area contributed by atoms with Crippen molar-refractivity contribution in [3.05, 3.63) is 0 Å². The number of nitrogens with zero attached hydrogens (tertiary/aromatic N) is 1. The summed E-state index contributed by atoms with van der Waals surface area (Å²) in [5, 5.41) is 0. The highest BCUT2D eigenvalue weighted by Gasteiger charge is 2.39. The Balaban J connectivity index is 2.05. The second-order valence-electron chi connectivity index (χ2n) is 3.92. The van der Waals surface area contributed by atoms with Gasteiger partial charge in [-0.1, -0.05) is 0 Å². The van der Waals surface area contributed by atoms with Crippen LogP contribution in [0.3, 0.4) is 0 Å². The summed E-state index contributed by atoms with van der Waals surface area (Å²) in [4.78, 5) is 2.42. The zero-order valence-corrected chi connectivity index (χ0v) is 7.42. The lowest BCUT2D eigenvalue weighted by Gasteiger charge is -2.27. The Morgan fingerprint density at radius 1 is 1.45 bits per heavy atom. The molecule has 2 aliphatic rings. The summed E-state index contributed by atoms with van der Waals surface area (Å²) < 4.78 is 5.74. The van der Waals surface area contributed by atoms with Crippen molar-refractivity contribution in [2.45, 2.75) is 31.9 Å². The van der Waals surface area contributed by atoms with E-state index in [2.05, 4.69) is 18.9 Å². The Kier molecular flexibility index (Phi) is 1.90. The molecule has 2 heterocycles. The van der Waals surface area contributed by atoms with Crippen LogP contribution in [0.4, 0.5) is 0 Å². The second-order valence-corrected chi connectivity index (χ2v) is 3.92. The van der Waals surface area contributed by atoms with E-state index in [4.69, 9.17) is 4.74 Å². The Bertz CT molecular complexity index is 148. The van der Waals surface area contributed by atoms with Crippen LogP contribution in [0.5, 0.6) is 0 Å². The molecule has 0 aromatic carbocycles. The molecule has 0 bridgehead atoms. The van der Waals surface area contributed by atoms with Crippen LogP contribution >= 0.6 is 0 Å². The summed E-state index contributed by atoms with van der Waals surface area (Å²) in [7, 11) is 2.20. The van der Waals surface area contributed by atoms with Gasteiger partial charge in [-0.15, -0.1) is 0 Å². The van der Waals surface area contributed by atoms with E-state index >= 15 is 0 Å². The Labute approximate surface area is 68.5 Å². The van der Waals surface area contributed by atoms with E-state index < -0.39 is 0 Å². The molecule has 2 nitrogen and oxygen atoms in total. The van der Waals surface area contributed by atoms with Gasteiger partial charge in [-0.05, 0) is 32.7 Å².